The molecule has 1 aromatic heterocycles. The van der Waals surface area contributed by atoms with E-state index in [-0.39, 0.29) is 18.3 Å². The summed E-state index contributed by atoms with van der Waals surface area (Å²) in [6.07, 6.45) is 0. The van der Waals surface area contributed by atoms with E-state index in [0.717, 1.165) is 33.2 Å². The second-order valence-corrected chi connectivity index (χ2v) is 8.61. The average Bonchev–Trinajstić information content (AvgIpc) is 3.16. The minimum Gasteiger partial charge on any atom is -0.489 e. The molecule has 0 radical (unpaired) electrons. The normalized spacial score (nSPS) is 10.9. The van der Waals surface area contributed by atoms with E-state index in [1.807, 2.05) is 45.0 Å². The largest absolute Gasteiger partial charge is 0.489 e. The van der Waals surface area contributed by atoms with E-state index in [0.29, 0.717) is 23.6 Å². The summed E-state index contributed by atoms with van der Waals surface area (Å²) in [5.74, 6) is 0.614. The molecule has 4 rings (SSSR count). The Morgan fingerprint density at radius 3 is 2.38 bits per heavy atom. The van der Waals surface area contributed by atoms with Crippen molar-refractivity contribution in [1.29, 1.82) is 0 Å². The van der Waals surface area contributed by atoms with Crippen LogP contribution in [-0.2, 0) is 13.2 Å². The number of halogens is 2. The molecule has 5 nitrogen and oxygen atoms in total. The molecule has 1 amide bonds. The summed E-state index contributed by atoms with van der Waals surface area (Å²) in [6, 6.07) is 19.3. The summed E-state index contributed by atoms with van der Waals surface area (Å²) >= 11 is 6.21. The van der Waals surface area contributed by atoms with Crippen LogP contribution in [0.2, 0.25) is 5.02 Å². The van der Waals surface area contributed by atoms with Crippen LogP contribution in [0.4, 0.5) is 10.2 Å². The molecule has 174 valence electrons. The van der Waals surface area contributed by atoms with Crippen LogP contribution in [0, 0.1) is 26.6 Å². The van der Waals surface area contributed by atoms with Crippen LogP contribution >= 0.6 is 11.6 Å². The number of nitrogens with one attached hydrogen (secondary N) is 1. The number of rotatable bonds is 7. The third-order valence-electron chi connectivity index (χ3n) is 5.53. The third kappa shape index (κ3) is 5.46. The van der Waals surface area contributed by atoms with Gasteiger partial charge in [0.2, 0.25) is 0 Å². The smallest absolute Gasteiger partial charge is 0.256 e. The molecule has 0 saturated carbocycles. The summed E-state index contributed by atoms with van der Waals surface area (Å²) in [5, 5.41) is 7.95. The highest BCUT2D eigenvalue weighted by Crippen LogP contribution is 2.26. The van der Waals surface area contributed by atoms with Crippen LogP contribution < -0.4 is 10.1 Å². The van der Waals surface area contributed by atoms with Gasteiger partial charge in [-0.1, -0.05) is 41.9 Å². The van der Waals surface area contributed by atoms with Crippen LogP contribution in [-0.4, -0.2) is 15.7 Å². The number of hydrogen-bond acceptors (Lipinski definition) is 3. The molecular weight excluding hydrogens is 453 g/mol. The van der Waals surface area contributed by atoms with Crippen molar-refractivity contribution >= 4 is 23.3 Å². The first-order valence-electron chi connectivity index (χ1n) is 10.9. The van der Waals surface area contributed by atoms with Gasteiger partial charge < -0.3 is 10.1 Å². The highest BCUT2D eigenvalue weighted by molar-refractivity contribution is 6.32. The molecule has 1 N–H and O–H groups in total. The zero-order valence-corrected chi connectivity index (χ0v) is 20.0. The predicted molar refractivity (Wildman–Crippen MR) is 132 cm³/mol. The number of amides is 1. The third-order valence-corrected chi connectivity index (χ3v) is 6.13. The molecule has 0 bridgehead atoms. The first-order valence-corrected chi connectivity index (χ1v) is 11.3. The first-order chi connectivity index (χ1) is 16.3. The standard InChI is InChI=1S/C27H25ClFN3O2/c1-17-12-23(13-18(2)26(17)28)34-16-20-8-10-21(11-9-20)27(33)30-25-14-19(3)32(31-25)15-22-6-4-5-7-24(22)29/h4-14H,15-16H2,1-3H3,(H,30,31,33). The Balaban J connectivity index is 1.37. The molecule has 0 aliphatic carbocycles. The quantitative estimate of drug-likeness (QED) is 0.331. The maximum absolute atomic E-state index is 14.0. The molecule has 0 saturated heterocycles. The molecule has 1 heterocycles. The molecule has 7 heteroatoms. The van der Waals surface area contributed by atoms with E-state index in [1.165, 1.54) is 6.07 Å². The van der Waals surface area contributed by atoms with E-state index in [4.69, 9.17) is 16.3 Å². The van der Waals surface area contributed by atoms with Gasteiger partial charge in [0, 0.05) is 27.9 Å². The fraction of sp³-hybridized carbons (Fsp3) is 0.185. The van der Waals surface area contributed by atoms with Gasteiger partial charge in [-0.2, -0.15) is 5.10 Å². The van der Waals surface area contributed by atoms with Crippen molar-refractivity contribution < 1.29 is 13.9 Å². The van der Waals surface area contributed by atoms with Crippen molar-refractivity contribution in [3.63, 3.8) is 0 Å². The molecule has 0 aliphatic rings. The van der Waals surface area contributed by atoms with Crippen LogP contribution in [0.25, 0.3) is 0 Å². The monoisotopic (exact) mass is 477 g/mol. The number of carbonyl (C=O) groups is 1. The average molecular weight is 478 g/mol. The fourth-order valence-corrected chi connectivity index (χ4v) is 3.73. The summed E-state index contributed by atoms with van der Waals surface area (Å²) in [7, 11) is 0. The number of ether oxygens (including phenoxy) is 1. The van der Waals surface area contributed by atoms with E-state index in [9.17, 15) is 9.18 Å². The van der Waals surface area contributed by atoms with Crippen molar-refractivity contribution in [1.82, 2.24) is 9.78 Å². The predicted octanol–water partition coefficient (Wildman–Crippen LogP) is 6.48. The van der Waals surface area contributed by atoms with Gasteiger partial charge in [0.25, 0.3) is 5.91 Å². The van der Waals surface area contributed by atoms with Crippen molar-refractivity contribution in [2.24, 2.45) is 0 Å². The Bertz CT molecular complexity index is 1310. The van der Waals surface area contributed by atoms with Crippen molar-refractivity contribution in [2.75, 3.05) is 5.32 Å². The summed E-state index contributed by atoms with van der Waals surface area (Å²) in [6.45, 7) is 6.42. The molecule has 34 heavy (non-hydrogen) atoms. The number of aryl methyl sites for hydroxylation is 3. The van der Waals surface area contributed by atoms with E-state index < -0.39 is 0 Å². The molecule has 4 aromatic rings. The second kappa shape index (κ2) is 10.1. The van der Waals surface area contributed by atoms with Gasteiger partial charge in [0.05, 0.1) is 6.54 Å². The minimum atomic E-state index is -0.284. The van der Waals surface area contributed by atoms with Crippen LogP contribution in [0.15, 0.2) is 66.7 Å². The summed E-state index contributed by atoms with van der Waals surface area (Å²) in [5.41, 5.74) is 4.73. The Morgan fingerprint density at radius 1 is 1.03 bits per heavy atom. The minimum absolute atomic E-state index is 0.271. The molecule has 0 atom stereocenters. The van der Waals surface area contributed by atoms with Gasteiger partial charge in [-0.05, 0) is 67.8 Å². The maximum atomic E-state index is 14.0. The molecular formula is C27H25ClFN3O2. The van der Waals surface area contributed by atoms with Gasteiger partial charge in [0.15, 0.2) is 5.82 Å². The lowest BCUT2D eigenvalue weighted by Crippen LogP contribution is -2.13. The SMILES string of the molecule is Cc1cc(OCc2ccc(C(=O)Nc3cc(C)n(Cc4ccccc4F)n3)cc2)cc(C)c1Cl. The van der Waals surface area contributed by atoms with Crippen LogP contribution in [0.5, 0.6) is 5.75 Å². The second-order valence-electron chi connectivity index (χ2n) is 8.23. The zero-order valence-electron chi connectivity index (χ0n) is 19.2. The van der Waals surface area contributed by atoms with Gasteiger partial charge >= 0.3 is 0 Å². The van der Waals surface area contributed by atoms with Crippen molar-refractivity contribution in [2.45, 2.75) is 33.9 Å². The number of hydrogen-bond donors (Lipinski definition) is 1. The molecule has 0 fully saturated rings. The number of anilines is 1. The molecule has 3 aromatic carbocycles. The highest BCUT2D eigenvalue weighted by atomic mass is 35.5. The Kier molecular flexibility index (Phi) is 6.98. The van der Waals surface area contributed by atoms with E-state index in [2.05, 4.69) is 10.4 Å². The zero-order chi connectivity index (χ0) is 24.2. The van der Waals surface area contributed by atoms with Crippen LogP contribution in [0.1, 0.15) is 38.3 Å². The maximum Gasteiger partial charge on any atom is 0.256 e. The molecule has 0 unspecified atom stereocenters. The lowest BCUT2D eigenvalue weighted by Gasteiger charge is -2.10. The Hall–Kier alpha value is -3.64. The number of carbonyl (C=O) groups excluding carboxylic acids is 1. The van der Waals surface area contributed by atoms with Gasteiger partial charge in [-0.3, -0.25) is 9.48 Å². The number of nitrogens with zero attached hydrogens (tertiary/aromatic N) is 2. The van der Waals surface area contributed by atoms with Gasteiger partial charge in [-0.25, -0.2) is 4.39 Å². The Labute approximate surface area is 203 Å². The number of aromatic nitrogens is 2. The first kappa shape index (κ1) is 23.5. The van der Waals surface area contributed by atoms with E-state index in [1.54, 1.807) is 41.1 Å². The topological polar surface area (TPSA) is 56.1 Å². The van der Waals surface area contributed by atoms with Crippen molar-refractivity contribution in [3.8, 4) is 5.75 Å². The van der Waals surface area contributed by atoms with Gasteiger partial charge in [-0.15, -0.1) is 0 Å². The lowest BCUT2D eigenvalue weighted by atomic mass is 10.1. The van der Waals surface area contributed by atoms with Gasteiger partial charge in [0.1, 0.15) is 18.2 Å². The summed E-state index contributed by atoms with van der Waals surface area (Å²) < 4.78 is 21.5. The van der Waals surface area contributed by atoms with Crippen LogP contribution in [0.3, 0.4) is 0 Å². The molecule has 0 spiro atoms. The molecule has 0 aliphatic heterocycles. The number of benzene rings is 3. The Morgan fingerprint density at radius 2 is 1.71 bits per heavy atom. The highest BCUT2D eigenvalue weighted by Gasteiger charge is 2.12. The van der Waals surface area contributed by atoms with E-state index >= 15 is 0 Å². The lowest BCUT2D eigenvalue weighted by molar-refractivity contribution is 0.102. The van der Waals surface area contributed by atoms with Crippen molar-refractivity contribution in [3.05, 3.63) is 111 Å². The fourth-order valence-electron chi connectivity index (χ4n) is 3.62. The summed E-state index contributed by atoms with van der Waals surface area (Å²) in [4.78, 5) is 12.7.